The van der Waals surface area contributed by atoms with E-state index in [1.807, 2.05) is 6.92 Å². The van der Waals surface area contributed by atoms with Crippen molar-refractivity contribution in [3.05, 3.63) is 29.8 Å². The smallest absolute Gasteiger partial charge is 0.297 e. The first-order valence-corrected chi connectivity index (χ1v) is 11.1. The fraction of sp³-hybridized carbons (Fsp3) is 0.647. The van der Waals surface area contributed by atoms with Crippen LogP contribution in [0.1, 0.15) is 33.3 Å². The molecule has 1 atom stereocenters. The van der Waals surface area contributed by atoms with Crippen LogP contribution in [0.15, 0.2) is 29.2 Å². The molecule has 138 valence electrons. The maximum atomic E-state index is 13.1. The summed E-state index contributed by atoms with van der Waals surface area (Å²) >= 11 is 0. The second-order valence-corrected chi connectivity index (χ2v) is 11.3. The van der Waals surface area contributed by atoms with Crippen molar-refractivity contribution >= 4 is 18.0 Å². The molecular formula is C17H28FO4PS. The van der Waals surface area contributed by atoms with Crippen LogP contribution in [0.3, 0.4) is 0 Å². The van der Waals surface area contributed by atoms with Crippen molar-refractivity contribution in [1.82, 2.24) is 0 Å². The number of halogens is 1. The maximum absolute atomic E-state index is 13.1. The fourth-order valence-electron chi connectivity index (χ4n) is 2.16. The number of benzene rings is 1. The minimum atomic E-state index is -3.89. The van der Waals surface area contributed by atoms with E-state index in [9.17, 15) is 12.8 Å². The molecule has 0 spiro atoms. The Labute approximate surface area is 146 Å². The zero-order valence-electron chi connectivity index (χ0n) is 15.0. The Bertz CT molecular complexity index is 579. The number of alkyl halides is 1. The van der Waals surface area contributed by atoms with Gasteiger partial charge >= 0.3 is 0 Å². The van der Waals surface area contributed by atoms with Crippen molar-refractivity contribution in [3.8, 4) is 0 Å². The molecule has 0 saturated heterocycles. The Morgan fingerprint density at radius 2 is 1.62 bits per heavy atom. The lowest BCUT2D eigenvalue weighted by Gasteiger charge is -2.27. The molecule has 0 radical (unpaired) electrons. The average molecular weight is 378 g/mol. The Hall–Kier alpha value is -0.550. The highest BCUT2D eigenvalue weighted by Gasteiger charge is 2.22. The van der Waals surface area contributed by atoms with E-state index in [2.05, 4.69) is 27.7 Å². The molecule has 0 amide bonds. The van der Waals surface area contributed by atoms with Gasteiger partial charge in [-0.3, -0.25) is 4.18 Å². The molecule has 0 bridgehead atoms. The van der Waals surface area contributed by atoms with Gasteiger partial charge in [0.1, 0.15) is 12.8 Å². The molecule has 1 aromatic carbocycles. The summed E-state index contributed by atoms with van der Waals surface area (Å²) in [7, 11) is -4.29. The molecule has 0 heterocycles. The third kappa shape index (κ3) is 6.75. The highest BCUT2D eigenvalue weighted by molar-refractivity contribution is 7.86. The second-order valence-electron chi connectivity index (χ2n) is 6.33. The van der Waals surface area contributed by atoms with Gasteiger partial charge in [0.15, 0.2) is 0 Å². The van der Waals surface area contributed by atoms with Gasteiger partial charge in [-0.05, 0) is 30.4 Å². The zero-order chi connectivity index (χ0) is 18.3. The maximum Gasteiger partial charge on any atom is 0.297 e. The topological polar surface area (TPSA) is 52.6 Å². The Morgan fingerprint density at radius 3 is 2.08 bits per heavy atom. The molecule has 0 N–H and O–H groups in total. The van der Waals surface area contributed by atoms with Gasteiger partial charge in [0.05, 0.1) is 17.9 Å². The van der Waals surface area contributed by atoms with Crippen LogP contribution in [0.5, 0.6) is 0 Å². The van der Waals surface area contributed by atoms with Crippen LogP contribution in [-0.2, 0) is 19.0 Å². The van der Waals surface area contributed by atoms with E-state index in [-0.39, 0.29) is 11.5 Å². The van der Waals surface area contributed by atoms with Crippen LogP contribution in [0.25, 0.3) is 0 Å². The number of hydrogen-bond acceptors (Lipinski definition) is 4. The van der Waals surface area contributed by atoms with Crippen LogP contribution < -0.4 is 0 Å². The van der Waals surface area contributed by atoms with Gasteiger partial charge < -0.3 is 4.74 Å². The van der Waals surface area contributed by atoms with Gasteiger partial charge in [0.25, 0.3) is 10.1 Å². The molecule has 0 aliphatic heterocycles. The highest BCUT2D eigenvalue weighted by atomic mass is 32.2. The van der Waals surface area contributed by atoms with Crippen molar-refractivity contribution < 1.29 is 21.7 Å². The summed E-state index contributed by atoms with van der Waals surface area (Å²) in [6.45, 7) is 9.27. The molecule has 7 heteroatoms. The number of ether oxygens (including phenoxy) is 1. The molecule has 4 nitrogen and oxygen atoms in total. The van der Waals surface area contributed by atoms with E-state index in [0.717, 1.165) is 5.56 Å². The number of hydrogen-bond donors (Lipinski definition) is 0. The van der Waals surface area contributed by atoms with E-state index >= 15 is 0 Å². The minimum absolute atomic E-state index is 0.0670. The summed E-state index contributed by atoms with van der Waals surface area (Å²) in [6, 6.07) is 6.34. The van der Waals surface area contributed by atoms with Gasteiger partial charge in [-0.15, -0.1) is 0 Å². The fourth-order valence-corrected chi connectivity index (χ4v) is 5.27. The van der Waals surface area contributed by atoms with Crippen molar-refractivity contribution in [2.45, 2.75) is 56.9 Å². The molecule has 1 rings (SSSR count). The van der Waals surface area contributed by atoms with Gasteiger partial charge in [0.2, 0.25) is 0 Å². The largest absolute Gasteiger partial charge is 0.369 e. The summed E-state index contributed by atoms with van der Waals surface area (Å²) in [5.41, 5.74) is 1.89. The number of aryl methyl sites for hydroxylation is 1. The van der Waals surface area contributed by atoms with Crippen LogP contribution in [-0.4, -0.2) is 45.5 Å². The van der Waals surface area contributed by atoms with Crippen LogP contribution in [0.4, 0.5) is 4.39 Å². The third-order valence-electron chi connectivity index (χ3n) is 3.68. The summed E-state index contributed by atoms with van der Waals surface area (Å²) in [5.74, 6) is 0. The van der Waals surface area contributed by atoms with Crippen molar-refractivity contribution in [2.75, 3.05) is 19.6 Å². The highest BCUT2D eigenvalue weighted by Crippen LogP contribution is 2.45. The first-order valence-electron chi connectivity index (χ1n) is 8.06. The monoisotopic (exact) mass is 378 g/mol. The predicted octanol–water partition coefficient (Wildman–Crippen LogP) is 4.31. The Morgan fingerprint density at radius 1 is 1.08 bits per heavy atom. The predicted molar refractivity (Wildman–Crippen MR) is 97.2 cm³/mol. The lowest BCUT2D eigenvalue weighted by molar-refractivity contribution is 0.0313. The summed E-state index contributed by atoms with van der Waals surface area (Å²) < 4.78 is 48.0. The first kappa shape index (κ1) is 21.5. The van der Waals surface area contributed by atoms with Crippen molar-refractivity contribution in [1.29, 1.82) is 0 Å². The van der Waals surface area contributed by atoms with Crippen molar-refractivity contribution in [3.63, 3.8) is 0 Å². The molecule has 24 heavy (non-hydrogen) atoms. The van der Waals surface area contributed by atoms with Crippen LogP contribution >= 0.6 is 7.92 Å². The van der Waals surface area contributed by atoms with E-state index < -0.39 is 30.8 Å². The second kappa shape index (κ2) is 9.81. The average Bonchev–Trinajstić information content (AvgIpc) is 2.50. The minimum Gasteiger partial charge on any atom is -0.369 e. The number of rotatable bonds is 10. The van der Waals surface area contributed by atoms with E-state index in [1.54, 1.807) is 12.1 Å². The van der Waals surface area contributed by atoms with E-state index in [1.165, 1.54) is 12.1 Å². The van der Waals surface area contributed by atoms with Gasteiger partial charge in [-0.2, -0.15) is 8.42 Å². The summed E-state index contributed by atoms with van der Waals surface area (Å²) in [6.07, 6.45) is -0.416. The third-order valence-corrected chi connectivity index (χ3v) is 8.07. The zero-order valence-corrected chi connectivity index (χ0v) is 16.7. The molecule has 0 unspecified atom stereocenters. The van der Waals surface area contributed by atoms with E-state index in [0.29, 0.717) is 17.7 Å². The lowest BCUT2D eigenvalue weighted by Crippen LogP contribution is -2.25. The molecule has 0 saturated carbocycles. The summed E-state index contributed by atoms with van der Waals surface area (Å²) in [5, 5.41) is 0. The Balaban J connectivity index is 2.61. The van der Waals surface area contributed by atoms with Gasteiger partial charge in [-0.25, -0.2) is 4.39 Å². The molecular weight excluding hydrogens is 350 g/mol. The van der Waals surface area contributed by atoms with Crippen LogP contribution in [0.2, 0.25) is 0 Å². The quantitative estimate of drug-likeness (QED) is 0.450. The molecule has 0 fully saturated rings. The van der Waals surface area contributed by atoms with E-state index in [4.69, 9.17) is 8.92 Å². The molecule has 0 aromatic heterocycles. The lowest BCUT2D eigenvalue weighted by atomic mass is 10.2. The van der Waals surface area contributed by atoms with Gasteiger partial charge in [-0.1, -0.05) is 53.3 Å². The first-order chi connectivity index (χ1) is 11.2. The van der Waals surface area contributed by atoms with Crippen LogP contribution in [0, 0.1) is 6.92 Å². The molecule has 0 aliphatic rings. The SMILES string of the molecule is Cc1ccc(S(=O)(=O)OC[C@@H](CF)OCP(C(C)C)C(C)C)cc1. The standard InChI is InChI=1S/C17H28FO4PS/c1-13(2)23(14(3)4)12-21-16(10-18)11-22-24(19,20)17-8-6-15(5)7-9-17/h6-9,13-14,16H,10-12H2,1-5H3/t16-/m1/s1. The normalized spacial score (nSPS) is 13.9. The summed E-state index contributed by atoms with van der Waals surface area (Å²) in [4.78, 5) is 0.0670. The molecule has 0 aliphatic carbocycles. The van der Waals surface area contributed by atoms with Gasteiger partial charge in [0, 0.05) is 0 Å². The molecule has 1 aromatic rings. The van der Waals surface area contributed by atoms with Crippen molar-refractivity contribution in [2.24, 2.45) is 0 Å². The Kier molecular flexibility index (Phi) is 8.78.